The number of carbonyl (C=O) groups is 1. The Morgan fingerprint density at radius 3 is 2.50 bits per heavy atom. The number of hydrogen-bond donors (Lipinski definition) is 0. The van der Waals surface area contributed by atoms with Gasteiger partial charge in [-0.3, -0.25) is 14.9 Å². The van der Waals surface area contributed by atoms with Gasteiger partial charge in [0.25, 0.3) is 11.6 Å². The number of carbonyl (C=O) groups excluding carboxylic acids is 1. The van der Waals surface area contributed by atoms with Crippen LogP contribution in [0.2, 0.25) is 0 Å². The Labute approximate surface area is 170 Å². The lowest BCUT2D eigenvalue weighted by Gasteiger charge is -2.34. The Balaban J connectivity index is 1.49. The normalized spacial score (nSPS) is 14.1. The molecule has 1 fully saturated rings. The maximum atomic E-state index is 14.1. The summed E-state index contributed by atoms with van der Waals surface area (Å²) in [7, 11) is 0. The Morgan fingerprint density at radius 1 is 1.13 bits per heavy atom. The van der Waals surface area contributed by atoms with Gasteiger partial charge >= 0.3 is 0 Å². The van der Waals surface area contributed by atoms with Crippen molar-refractivity contribution in [3.8, 4) is 5.69 Å². The maximum Gasteiger partial charge on any atom is 0.276 e. The lowest BCUT2D eigenvalue weighted by Crippen LogP contribution is -2.49. The summed E-state index contributed by atoms with van der Waals surface area (Å²) in [5, 5.41) is 23.0. The van der Waals surface area contributed by atoms with Crippen LogP contribution in [0.25, 0.3) is 5.69 Å². The van der Waals surface area contributed by atoms with Gasteiger partial charge in [0.05, 0.1) is 16.2 Å². The summed E-state index contributed by atoms with van der Waals surface area (Å²) in [4.78, 5) is 26.7. The van der Waals surface area contributed by atoms with Crippen LogP contribution in [-0.2, 0) is 0 Å². The molecule has 0 saturated carbocycles. The number of nitro benzene ring substituents is 1. The van der Waals surface area contributed by atoms with E-state index in [9.17, 15) is 19.3 Å². The second-order valence-electron chi connectivity index (χ2n) is 6.86. The van der Waals surface area contributed by atoms with Gasteiger partial charge in [-0.15, -0.1) is 0 Å². The molecular formula is C19H18FN7O3. The van der Waals surface area contributed by atoms with E-state index in [0.29, 0.717) is 32.1 Å². The Morgan fingerprint density at radius 2 is 1.83 bits per heavy atom. The number of aromatic nitrogens is 4. The van der Waals surface area contributed by atoms with E-state index in [2.05, 4.69) is 15.5 Å². The SMILES string of the molecule is Cc1c(F)cc(C(=O)N2CCN(c3nnnn3-c3ccccc3)CC2)cc1[N+](=O)[O-]. The summed E-state index contributed by atoms with van der Waals surface area (Å²) in [5.41, 5.74) is 0.291. The molecule has 1 aliphatic heterocycles. The molecule has 0 N–H and O–H groups in total. The minimum atomic E-state index is -0.770. The average Bonchev–Trinajstić information content (AvgIpc) is 3.25. The van der Waals surface area contributed by atoms with E-state index < -0.39 is 22.3 Å². The Bertz CT molecular complexity index is 1090. The van der Waals surface area contributed by atoms with Gasteiger partial charge in [-0.05, 0) is 35.5 Å². The van der Waals surface area contributed by atoms with Gasteiger partial charge in [0.1, 0.15) is 5.82 Å². The molecule has 3 aromatic rings. The van der Waals surface area contributed by atoms with Crippen molar-refractivity contribution in [1.82, 2.24) is 25.1 Å². The fourth-order valence-corrected chi connectivity index (χ4v) is 3.39. The summed E-state index contributed by atoms with van der Waals surface area (Å²) in [5.74, 6) is -0.655. The van der Waals surface area contributed by atoms with Crippen LogP contribution in [0.5, 0.6) is 0 Å². The Kier molecular flexibility index (Phi) is 5.09. The molecule has 0 radical (unpaired) electrons. The lowest BCUT2D eigenvalue weighted by atomic mass is 10.1. The number of piperazine rings is 1. The number of anilines is 1. The topological polar surface area (TPSA) is 110 Å². The fraction of sp³-hybridized carbons (Fsp3) is 0.263. The number of halogens is 1. The first-order chi connectivity index (χ1) is 14.5. The van der Waals surface area contributed by atoms with Crippen LogP contribution in [0.1, 0.15) is 15.9 Å². The zero-order valence-electron chi connectivity index (χ0n) is 16.1. The monoisotopic (exact) mass is 411 g/mol. The summed E-state index contributed by atoms with van der Waals surface area (Å²) in [6.07, 6.45) is 0. The minimum absolute atomic E-state index is 0.0348. The molecule has 1 amide bonds. The van der Waals surface area contributed by atoms with Crippen LogP contribution < -0.4 is 4.90 Å². The van der Waals surface area contributed by atoms with Gasteiger partial charge in [0.2, 0.25) is 5.95 Å². The van der Waals surface area contributed by atoms with Gasteiger partial charge in [-0.25, -0.2) is 4.39 Å². The van der Waals surface area contributed by atoms with Crippen LogP contribution in [0.15, 0.2) is 42.5 Å². The highest BCUT2D eigenvalue weighted by atomic mass is 19.1. The molecule has 1 aliphatic rings. The number of para-hydroxylation sites is 1. The number of tetrazole rings is 1. The molecule has 0 aliphatic carbocycles. The average molecular weight is 411 g/mol. The van der Waals surface area contributed by atoms with Crippen molar-refractivity contribution in [2.75, 3.05) is 31.1 Å². The Hall–Kier alpha value is -3.89. The van der Waals surface area contributed by atoms with Crippen LogP contribution >= 0.6 is 0 Å². The number of amides is 1. The summed E-state index contributed by atoms with van der Waals surface area (Å²) >= 11 is 0. The molecule has 10 nitrogen and oxygen atoms in total. The number of nitro groups is 1. The van der Waals surface area contributed by atoms with E-state index in [1.54, 1.807) is 9.58 Å². The van der Waals surface area contributed by atoms with Gasteiger partial charge in [0.15, 0.2) is 0 Å². The predicted octanol–water partition coefficient (Wildman–Crippen LogP) is 1.98. The molecule has 0 unspecified atom stereocenters. The number of nitrogens with zero attached hydrogens (tertiary/aromatic N) is 7. The zero-order valence-corrected chi connectivity index (χ0v) is 16.1. The first-order valence-electron chi connectivity index (χ1n) is 9.28. The lowest BCUT2D eigenvalue weighted by molar-refractivity contribution is -0.385. The van der Waals surface area contributed by atoms with Gasteiger partial charge in [-0.1, -0.05) is 23.3 Å². The molecular weight excluding hydrogens is 393 g/mol. The second-order valence-corrected chi connectivity index (χ2v) is 6.86. The smallest absolute Gasteiger partial charge is 0.276 e. The van der Waals surface area contributed by atoms with Crippen LogP contribution in [0.4, 0.5) is 16.0 Å². The van der Waals surface area contributed by atoms with Gasteiger partial charge < -0.3 is 9.80 Å². The molecule has 30 heavy (non-hydrogen) atoms. The van der Waals surface area contributed by atoms with Gasteiger partial charge in [0, 0.05) is 37.8 Å². The summed E-state index contributed by atoms with van der Waals surface area (Å²) in [6.45, 7) is 2.95. The summed E-state index contributed by atoms with van der Waals surface area (Å²) < 4.78 is 15.7. The molecule has 2 aromatic carbocycles. The second kappa shape index (κ2) is 7.85. The molecule has 0 spiro atoms. The van der Waals surface area contributed by atoms with E-state index in [-0.39, 0.29) is 11.1 Å². The molecule has 0 atom stereocenters. The van der Waals surface area contributed by atoms with Crippen molar-refractivity contribution in [2.45, 2.75) is 6.92 Å². The number of rotatable bonds is 4. The largest absolute Gasteiger partial charge is 0.336 e. The molecule has 0 bridgehead atoms. The molecule has 1 aromatic heterocycles. The van der Waals surface area contributed by atoms with Crippen LogP contribution in [-0.4, -0.2) is 62.1 Å². The van der Waals surface area contributed by atoms with Crippen molar-refractivity contribution >= 4 is 17.5 Å². The third kappa shape index (κ3) is 3.56. The van der Waals surface area contributed by atoms with E-state index in [1.807, 2.05) is 35.2 Å². The fourth-order valence-electron chi connectivity index (χ4n) is 3.39. The van der Waals surface area contributed by atoms with Crippen molar-refractivity contribution in [1.29, 1.82) is 0 Å². The van der Waals surface area contributed by atoms with Crippen LogP contribution in [0.3, 0.4) is 0 Å². The van der Waals surface area contributed by atoms with Crippen molar-refractivity contribution < 1.29 is 14.1 Å². The highest BCUT2D eigenvalue weighted by molar-refractivity contribution is 5.95. The first-order valence-corrected chi connectivity index (χ1v) is 9.28. The van der Waals surface area contributed by atoms with E-state index in [1.165, 1.54) is 6.92 Å². The minimum Gasteiger partial charge on any atom is -0.336 e. The van der Waals surface area contributed by atoms with E-state index in [0.717, 1.165) is 17.8 Å². The molecule has 4 rings (SSSR count). The van der Waals surface area contributed by atoms with E-state index in [4.69, 9.17) is 0 Å². The highest BCUT2D eigenvalue weighted by Gasteiger charge is 2.27. The predicted molar refractivity (Wildman–Crippen MR) is 105 cm³/mol. The number of hydrogen-bond acceptors (Lipinski definition) is 7. The van der Waals surface area contributed by atoms with Gasteiger partial charge in [-0.2, -0.15) is 4.68 Å². The quantitative estimate of drug-likeness (QED) is 0.477. The maximum absolute atomic E-state index is 14.1. The molecule has 1 saturated heterocycles. The molecule has 154 valence electrons. The van der Waals surface area contributed by atoms with E-state index >= 15 is 0 Å². The highest BCUT2D eigenvalue weighted by Crippen LogP contribution is 2.24. The molecule has 11 heteroatoms. The standard InChI is InChI=1S/C19H18FN7O3/c1-13-16(20)11-14(12-17(13)27(29)30)18(28)24-7-9-25(10-8-24)19-21-22-23-26(19)15-5-3-2-4-6-15/h2-6,11-12H,7-10H2,1H3. The number of benzene rings is 2. The first kappa shape index (κ1) is 19.4. The molecule has 2 heterocycles. The summed E-state index contributed by atoms with van der Waals surface area (Å²) in [6, 6.07) is 11.6. The third-order valence-electron chi connectivity index (χ3n) is 5.06. The van der Waals surface area contributed by atoms with Crippen molar-refractivity contribution in [3.63, 3.8) is 0 Å². The van der Waals surface area contributed by atoms with Crippen LogP contribution in [0, 0.1) is 22.9 Å². The zero-order chi connectivity index (χ0) is 21.3. The third-order valence-corrected chi connectivity index (χ3v) is 5.06. The van der Waals surface area contributed by atoms with Crippen molar-refractivity contribution in [2.24, 2.45) is 0 Å². The van der Waals surface area contributed by atoms with Crippen molar-refractivity contribution in [3.05, 3.63) is 69.5 Å².